The average Bonchev–Trinajstić information content (AvgIpc) is 3.15. The summed E-state index contributed by atoms with van der Waals surface area (Å²) in [5.74, 6) is 2.93. The normalized spacial score (nSPS) is 22.8. The summed E-state index contributed by atoms with van der Waals surface area (Å²) in [4.78, 5) is 0. The molecule has 54 heavy (non-hydrogen) atoms. The van der Waals surface area contributed by atoms with E-state index in [9.17, 15) is 20.4 Å². The van der Waals surface area contributed by atoms with Gasteiger partial charge in [0.25, 0.3) is 0 Å². The maximum Gasteiger partial charge on any atom is 0.115 e. The van der Waals surface area contributed by atoms with Crippen LogP contribution in [0.1, 0.15) is 113 Å². The van der Waals surface area contributed by atoms with E-state index in [1.165, 1.54) is 33.4 Å². The maximum absolute atomic E-state index is 10.1. The second kappa shape index (κ2) is 14.2. The third kappa shape index (κ3) is 6.67. The van der Waals surface area contributed by atoms with Crippen molar-refractivity contribution >= 4 is 0 Å². The van der Waals surface area contributed by atoms with Crippen LogP contribution in [0.25, 0.3) is 0 Å². The predicted octanol–water partition coefficient (Wildman–Crippen LogP) is 11.9. The molecule has 2 fully saturated rings. The maximum atomic E-state index is 10.1. The highest BCUT2D eigenvalue weighted by Gasteiger charge is 2.49. The molecule has 5 aromatic rings. The van der Waals surface area contributed by atoms with Gasteiger partial charge in [0.05, 0.1) is 0 Å². The second-order valence-electron chi connectivity index (χ2n) is 18.0. The molecule has 7 rings (SSSR count). The molecule has 0 aliphatic heterocycles. The van der Waals surface area contributed by atoms with Crippen molar-refractivity contribution in [3.05, 3.63) is 155 Å². The average molecular weight is 723 g/mol. The van der Waals surface area contributed by atoms with Crippen molar-refractivity contribution in [1.29, 1.82) is 0 Å². The first-order valence-electron chi connectivity index (χ1n) is 19.9. The molecular weight excluding hydrogens is 665 g/mol. The Balaban J connectivity index is 1.15. The Kier molecular flexibility index (Phi) is 9.88. The lowest BCUT2D eigenvalue weighted by molar-refractivity contribution is 0.118. The van der Waals surface area contributed by atoms with Gasteiger partial charge in [-0.25, -0.2) is 0 Å². The minimum absolute atomic E-state index is 0.0490. The van der Waals surface area contributed by atoms with Gasteiger partial charge in [-0.1, -0.05) is 114 Å². The summed E-state index contributed by atoms with van der Waals surface area (Å²) in [5.41, 5.74) is 7.21. The summed E-state index contributed by atoms with van der Waals surface area (Å²) in [6, 6.07) is 40.6. The number of rotatable bonds is 8. The molecule has 2 saturated carbocycles. The Labute approximate surface area is 322 Å². The van der Waals surface area contributed by atoms with Crippen LogP contribution < -0.4 is 0 Å². The van der Waals surface area contributed by atoms with Crippen molar-refractivity contribution in [2.75, 3.05) is 0 Å². The van der Waals surface area contributed by atoms with E-state index in [1.54, 1.807) is 48.5 Å². The summed E-state index contributed by atoms with van der Waals surface area (Å²) in [5, 5.41) is 40.5. The quantitative estimate of drug-likeness (QED) is 0.129. The van der Waals surface area contributed by atoms with E-state index in [0.717, 1.165) is 38.5 Å². The minimum Gasteiger partial charge on any atom is -0.508 e. The molecule has 0 amide bonds. The van der Waals surface area contributed by atoms with Gasteiger partial charge in [-0.2, -0.15) is 0 Å². The molecule has 0 bridgehead atoms. The highest BCUT2D eigenvalue weighted by Crippen LogP contribution is 2.56. The molecule has 4 atom stereocenters. The summed E-state index contributed by atoms with van der Waals surface area (Å²) in [6.45, 7) is 14.6. The van der Waals surface area contributed by atoms with Gasteiger partial charge in [-0.05, 0) is 155 Å². The van der Waals surface area contributed by atoms with Crippen molar-refractivity contribution in [2.24, 2.45) is 23.7 Å². The Morgan fingerprint density at radius 1 is 0.444 bits per heavy atom. The van der Waals surface area contributed by atoms with Crippen molar-refractivity contribution in [3.8, 4) is 23.0 Å². The van der Waals surface area contributed by atoms with E-state index in [2.05, 4.69) is 114 Å². The fourth-order valence-electron chi connectivity index (χ4n) is 11.4. The second-order valence-corrected chi connectivity index (χ2v) is 18.0. The number of aromatic hydroxyl groups is 4. The van der Waals surface area contributed by atoms with E-state index < -0.39 is 0 Å². The number of hydrogen-bond acceptors (Lipinski definition) is 4. The van der Waals surface area contributed by atoms with E-state index in [1.807, 2.05) is 0 Å². The first-order valence-corrected chi connectivity index (χ1v) is 19.9. The monoisotopic (exact) mass is 722 g/mol. The van der Waals surface area contributed by atoms with Gasteiger partial charge in [0.15, 0.2) is 0 Å². The van der Waals surface area contributed by atoms with Gasteiger partial charge in [0, 0.05) is 10.8 Å². The summed E-state index contributed by atoms with van der Waals surface area (Å²) >= 11 is 0. The third-order valence-electron chi connectivity index (χ3n) is 14.4. The minimum atomic E-state index is -0.191. The van der Waals surface area contributed by atoms with Crippen LogP contribution in [0.15, 0.2) is 121 Å². The lowest BCUT2D eigenvalue weighted by Crippen LogP contribution is -2.44. The van der Waals surface area contributed by atoms with Crippen LogP contribution in [0, 0.1) is 23.7 Å². The van der Waals surface area contributed by atoms with Crippen LogP contribution in [0.5, 0.6) is 23.0 Å². The largest absolute Gasteiger partial charge is 0.508 e. The predicted molar refractivity (Wildman–Crippen MR) is 219 cm³/mol. The number of hydrogen-bond donors (Lipinski definition) is 4. The molecule has 4 heteroatoms. The van der Waals surface area contributed by atoms with Crippen LogP contribution in [-0.4, -0.2) is 20.4 Å². The molecule has 4 N–H and O–H groups in total. The molecule has 4 unspecified atom stereocenters. The smallest absolute Gasteiger partial charge is 0.115 e. The van der Waals surface area contributed by atoms with Crippen LogP contribution in [0.2, 0.25) is 0 Å². The van der Waals surface area contributed by atoms with Crippen molar-refractivity contribution in [3.63, 3.8) is 0 Å². The lowest BCUT2D eigenvalue weighted by atomic mass is 9.53. The Hall–Kier alpha value is -4.70. The fraction of sp³-hybridized carbons (Fsp3) is 0.400. The Morgan fingerprint density at radius 2 is 0.722 bits per heavy atom. The third-order valence-corrected chi connectivity index (χ3v) is 14.4. The molecule has 4 nitrogen and oxygen atoms in total. The van der Waals surface area contributed by atoms with Gasteiger partial charge in [0.1, 0.15) is 23.0 Å². The molecule has 2 aliphatic carbocycles. The topological polar surface area (TPSA) is 80.9 Å². The molecule has 5 aromatic carbocycles. The first kappa shape index (κ1) is 37.6. The molecule has 0 radical (unpaired) electrons. The molecule has 282 valence electrons. The highest BCUT2D eigenvalue weighted by molar-refractivity contribution is 5.46. The van der Waals surface area contributed by atoms with E-state index in [-0.39, 0.29) is 44.7 Å². The van der Waals surface area contributed by atoms with E-state index >= 15 is 0 Å². The van der Waals surface area contributed by atoms with Gasteiger partial charge in [0.2, 0.25) is 0 Å². The zero-order chi connectivity index (χ0) is 38.5. The van der Waals surface area contributed by atoms with Gasteiger partial charge in [-0.3, -0.25) is 0 Å². The van der Waals surface area contributed by atoms with Gasteiger partial charge in [-0.15, -0.1) is 0 Å². The van der Waals surface area contributed by atoms with E-state index in [4.69, 9.17) is 0 Å². The van der Waals surface area contributed by atoms with Crippen molar-refractivity contribution in [1.82, 2.24) is 0 Å². The number of phenolic OH excluding ortho intramolecular Hbond substituents is 4. The Bertz CT molecular complexity index is 1800. The van der Waals surface area contributed by atoms with Crippen LogP contribution >= 0.6 is 0 Å². The van der Waals surface area contributed by atoms with Crippen LogP contribution in [-0.2, 0) is 21.7 Å². The number of phenols is 4. The van der Waals surface area contributed by atoms with Crippen molar-refractivity contribution in [2.45, 2.75) is 102 Å². The SMILES string of the molecule is CC1CC(c2ccc(O)cc2)(c2ccc(O)cc2)CCC1C(C)(C)c1cccc(C(C)(C)C2CCC(c3ccc(O)cc3)(c3ccc(O)cc3)CC2C)c1. The van der Waals surface area contributed by atoms with Crippen molar-refractivity contribution < 1.29 is 20.4 Å². The molecular formula is C50H58O4. The molecule has 0 spiro atoms. The zero-order valence-corrected chi connectivity index (χ0v) is 32.9. The standard InChI is InChI=1S/C50H58O4/c1-33-31-49(35-10-18-41(51)19-11-35,36-12-20-42(52)21-13-36)28-26-45(33)47(3,4)39-8-7-9-40(30-39)48(5,6)46-27-29-50(32-34(46)2,37-14-22-43(53)23-15-37)38-16-24-44(54)25-17-38/h7-25,30,33-34,45-46,51-54H,26-29,31-32H2,1-6H3. The van der Waals surface area contributed by atoms with Crippen LogP contribution in [0.3, 0.4) is 0 Å². The van der Waals surface area contributed by atoms with E-state index in [0.29, 0.717) is 23.7 Å². The highest BCUT2D eigenvalue weighted by atomic mass is 16.3. The molecule has 2 aliphatic rings. The molecule has 0 saturated heterocycles. The number of benzene rings is 5. The fourth-order valence-corrected chi connectivity index (χ4v) is 11.4. The van der Waals surface area contributed by atoms with Gasteiger partial charge >= 0.3 is 0 Å². The van der Waals surface area contributed by atoms with Crippen LogP contribution in [0.4, 0.5) is 0 Å². The summed E-state index contributed by atoms with van der Waals surface area (Å²) in [7, 11) is 0. The molecule has 0 heterocycles. The molecule has 0 aromatic heterocycles. The lowest BCUT2D eigenvalue weighted by Gasteiger charge is -2.51. The zero-order valence-electron chi connectivity index (χ0n) is 32.9. The Morgan fingerprint density at radius 3 is 0.981 bits per heavy atom. The van der Waals surface area contributed by atoms with Gasteiger partial charge < -0.3 is 20.4 Å². The first-order chi connectivity index (χ1) is 25.7. The summed E-state index contributed by atoms with van der Waals surface area (Å²) < 4.78 is 0. The summed E-state index contributed by atoms with van der Waals surface area (Å²) in [6.07, 6.45) is 6.11.